The number of esters is 3. The Morgan fingerprint density at radius 3 is 1.24 bits per heavy atom. The van der Waals surface area contributed by atoms with E-state index in [2.05, 4.69) is 118 Å². The van der Waals surface area contributed by atoms with Crippen molar-refractivity contribution in [3.63, 3.8) is 0 Å². The van der Waals surface area contributed by atoms with Crippen LogP contribution in [0.4, 0.5) is 0 Å². The average Bonchev–Trinajstić information content (AvgIpc) is 3.39. The summed E-state index contributed by atoms with van der Waals surface area (Å²) in [4.78, 5) is 48.4. The number of aliphatic hydroxyl groups excluding tert-OH is 1. The highest BCUT2D eigenvalue weighted by molar-refractivity contribution is 7.47. The van der Waals surface area contributed by atoms with Gasteiger partial charge in [-0.05, 0) is 109 Å². The van der Waals surface area contributed by atoms with Gasteiger partial charge in [-0.2, -0.15) is 0 Å². The van der Waals surface area contributed by atoms with Gasteiger partial charge >= 0.3 is 25.7 Å². The molecule has 0 rings (SSSR count). The lowest BCUT2D eigenvalue weighted by Crippen LogP contribution is -2.30. The maximum atomic E-state index is 12.9. The Hall–Kier alpha value is -4.38. The van der Waals surface area contributed by atoms with E-state index in [0.717, 1.165) is 96.3 Å². The fourth-order valence-electron chi connectivity index (χ4n) is 6.87. The predicted octanol–water partition coefficient (Wildman–Crippen LogP) is 16.6. The van der Waals surface area contributed by atoms with Crippen LogP contribution in [0.15, 0.2) is 134 Å². The van der Waals surface area contributed by atoms with Crippen molar-refractivity contribution in [2.24, 2.45) is 0 Å². The molecule has 0 aliphatic heterocycles. The van der Waals surface area contributed by atoms with Crippen LogP contribution in [0.1, 0.15) is 201 Å². The zero-order valence-corrected chi connectivity index (χ0v) is 46.9. The largest absolute Gasteiger partial charge is 0.472 e. The molecule has 3 atom stereocenters. The zero-order valence-electron chi connectivity index (χ0n) is 46.0. The quantitative estimate of drug-likeness (QED) is 0.0197. The Labute approximate surface area is 449 Å². The monoisotopic (exact) mass is 1050 g/mol. The van der Waals surface area contributed by atoms with Crippen LogP contribution in [-0.4, -0.2) is 66.5 Å². The van der Waals surface area contributed by atoms with Crippen molar-refractivity contribution >= 4 is 25.7 Å². The van der Waals surface area contributed by atoms with E-state index in [9.17, 15) is 28.9 Å². The van der Waals surface area contributed by atoms with Gasteiger partial charge in [0.1, 0.15) is 12.7 Å². The van der Waals surface area contributed by atoms with E-state index < -0.39 is 57.8 Å². The van der Waals surface area contributed by atoms with E-state index in [1.807, 2.05) is 30.4 Å². The highest BCUT2D eigenvalue weighted by atomic mass is 31.2. The maximum absolute atomic E-state index is 12.9. The van der Waals surface area contributed by atoms with Gasteiger partial charge in [-0.1, -0.05) is 206 Å². The molecule has 0 spiro atoms. The van der Waals surface area contributed by atoms with E-state index in [1.165, 1.54) is 38.5 Å². The third kappa shape index (κ3) is 52.5. The van der Waals surface area contributed by atoms with Crippen molar-refractivity contribution in [3.8, 4) is 0 Å². The molecule has 12 heteroatoms. The molecule has 0 bridgehead atoms. The van der Waals surface area contributed by atoms with E-state index in [0.29, 0.717) is 25.7 Å². The number of phosphoric acid groups is 1. The molecule has 3 unspecified atom stereocenters. The number of phosphoric ester groups is 1. The van der Waals surface area contributed by atoms with Gasteiger partial charge in [0.05, 0.1) is 26.2 Å². The number of hydrogen-bond acceptors (Lipinski definition) is 10. The number of hydrogen-bond donors (Lipinski definition) is 2. The van der Waals surface area contributed by atoms with Gasteiger partial charge in [-0.15, -0.1) is 0 Å². The summed E-state index contributed by atoms with van der Waals surface area (Å²) in [6, 6.07) is 0. The highest BCUT2D eigenvalue weighted by Gasteiger charge is 2.28. The van der Waals surface area contributed by atoms with Crippen LogP contribution >= 0.6 is 7.82 Å². The molecule has 11 nitrogen and oxygen atoms in total. The maximum Gasteiger partial charge on any atom is 0.472 e. The van der Waals surface area contributed by atoms with Gasteiger partial charge in [0.2, 0.25) is 0 Å². The van der Waals surface area contributed by atoms with Gasteiger partial charge in [0.15, 0.2) is 6.10 Å². The summed E-state index contributed by atoms with van der Waals surface area (Å²) in [5.41, 5.74) is 0. The normalized spacial score (nSPS) is 14.4. The summed E-state index contributed by atoms with van der Waals surface area (Å²) < 4.78 is 39.3. The SMILES string of the molecule is CC/C=C\C/C=C\C/C=C\C/C=C\C/C=C\CCCC(=O)OC(COC(=O)CCCCCCC/C=C\CCCCCCCC)COP(=O)(O)OCC(CO)OC(=O)C/C=C\C/C=C\C/C=C\C/C=C\C/C=C\CC. The van der Waals surface area contributed by atoms with Gasteiger partial charge in [0.25, 0.3) is 0 Å². The summed E-state index contributed by atoms with van der Waals surface area (Å²) in [6.07, 6.45) is 68.8. The molecule has 0 aromatic heterocycles. The van der Waals surface area contributed by atoms with E-state index in [1.54, 1.807) is 6.08 Å². The fourth-order valence-corrected chi connectivity index (χ4v) is 7.66. The highest BCUT2D eigenvalue weighted by Crippen LogP contribution is 2.43. The van der Waals surface area contributed by atoms with Crippen molar-refractivity contribution in [2.45, 2.75) is 213 Å². The van der Waals surface area contributed by atoms with Crippen LogP contribution < -0.4 is 0 Å². The van der Waals surface area contributed by atoms with Crippen molar-refractivity contribution in [3.05, 3.63) is 134 Å². The number of ether oxygens (including phenoxy) is 3. The van der Waals surface area contributed by atoms with Crippen LogP contribution in [0.25, 0.3) is 0 Å². The van der Waals surface area contributed by atoms with Crippen LogP contribution in [-0.2, 0) is 42.2 Å². The predicted molar refractivity (Wildman–Crippen MR) is 306 cm³/mol. The first kappa shape index (κ1) is 69.6. The molecular weight excluding hydrogens is 952 g/mol. The molecule has 0 radical (unpaired) electrons. The zero-order chi connectivity index (χ0) is 54.1. The summed E-state index contributed by atoms with van der Waals surface area (Å²) in [5, 5.41) is 9.78. The second-order valence-electron chi connectivity index (χ2n) is 18.0. The first-order valence-corrected chi connectivity index (χ1v) is 29.6. The van der Waals surface area contributed by atoms with Gasteiger partial charge in [-0.25, -0.2) is 4.57 Å². The molecule has 0 amide bonds. The fraction of sp³-hybridized carbons (Fsp3) is 0.597. The lowest BCUT2D eigenvalue weighted by atomic mass is 10.1. The second-order valence-corrected chi connectivity index (χ2v) is 19.4. The molecule has 0 saturated carbocycles. The first-order valence-electron chi connectivity index (χ1n) is 28.1. The third-order valence-electron chi connectivity index (χ3n) is 11.1. The molecule has 0 heterocycles. The van der Waals surface area contributed by atoms with Gasteiger partial charge < -0.3 is 24.2 Å². The number of allylic oxidation sites excluding steroid dienone is 21. The van der Waals surface area contributed by atoms with Gasteiger partial charge in [-0.3, -0.25) is 23.4 Å². The Morgan fingerprint density at radius 2 is 0.770 bits per heavy atom. The lowest BCUT2D eigenvalue weighted by molar-refractivity contribution is -0.161. The number of rotatable bonds is 50. The number of carbonyl (C=O) groups excluding carboxylic acids is 3. The number of unbranched alkanes of at least 4 members (excludes halogenated alkanes) is 12. The number of aliphatic hydroxyl groups is 1. The average molecular weight is 1050 g/mol. The lowest BCUT2D eigenvalue weighted by Gasteiger charge is -2.21. The van der Waals surface area contributed by atoms with Crippen LogP contribution in [0.5, 0.6) is 0 Å². The Bertz CT molecular complexity index is 1750. The van der Waals surface area contributed by atoms with E-state index >= 15 is 0 Å². The molecule has 2 N–H and O–H groups in total. The van der Waals surface area contributed by atoms with E-state index in [4.69, 9.17) is 23.3 Å². The number of carbonyl (C=O) groups is 3. The minimum atomic E-state index is -4.80. The first-order chi connectivity index (χ1) is 36.2. The Balaban J connectivity index is 4.93. The van der Waals surface area contributed by atoms with Crippen molar-refractivity contribution < 1.29 is 52.2 Å². The topological polar surface area (TPSA) is 155 Å². The second kappa shape index (κ2) is 54.9. The van der Waals surface area contributed by atoms with Crippen molar-refractivity contribution in [1.82, 2.24) is 0 Å². The van der Waals surface area contributed by atoms with Crippen molar-refractivity contribution in [1.29, 1.82) is 0 Å². The molecule has 418 valence electrons. The van der Waals surface area contributed by atoms with Crippen molar-refractivity contribution in [2.75, 3.05) is 26.4 Å². The Morgan fingerprint density at radius 1 is 0.405 bits per heavy atom. The molecule has 0 aliphatic carbocycles. The molecule has 0 aliphatic rings. The smallest absolute Gasteiger partial charge is 0.462 e. The Kier molecular flexibility index (Phi) is 51.6. The molecule has 0 saturated heterocycles. The minimum absolute atomic E-state index is 0.0668. The van der Waals surface area contributed by atoms with Crippen LogP contribution in [0, 0.1) is 0 Å². The summed E-state index contributed by atoms with van der Waals surface area (Å²) in [6.45, 7) is 4.20. The van der Waals surface area contributed by atoms with Gasteiger partial charge in [0, 0.05) is 12.8 Å². The summed E-state index contributed by atoms with van der Waals surface area (Å²) in [7, 11) is -4.80. The molecular formula is C62H99O11P. The minimum Gasteiger partial charge on any atom is -0.462 e. The molecule has 0 aromatic rings. The summed E-state index contributed by atoms with van der Waals surface area (Å²) in [5.74, 6) is -1.70. The van der Waals surface area contributed by atoms with E-state index in [-0.39, 0.29) is 25.9 Å². The summed E-state index contributed by atoms with van der Waals surface area (Å²) >= 11 is 0. The molecule has 0 aromatic carbocycles. The van der Waals surface area contributed by atoms with Crippen LogP contribution in [0.3, 0.4) is 0 Å². The third-order valence-corrected chi connectivity index (χ3v) is 12.0. The molecule has 0 fully saturated rings. The molecule has 74 heavy (non-hydrogen) atoms. The standard InChI is InChI=1S/C62H99O11P/c1-4-7-10-13-16-19-22-25-28-29-32-35-38-41-44-47-50-53-62(66)73-59(55-69-60(64)51-48-45-42-39-36-33-30-26-23-20-17-14-11-8-5-2)57-71-74(67,68)70-56-58(54-63)72-61(65)52-49-46-43-40-37-34-31-27-24-21-18-15-12-9-6-3/h7,9-10,12,16,18-19,21,25-28,30-32,35,37,40-41,44,46,49,58-59,63H,4-6,8,11,13-15,17,20,22-24,29,33-34,36,38-39,42-43,45,47-48,50-57H2,1-3H3,(H,67,68)/b10-7-,12-9-,19-16-,21-18-,28-25-,30-26-,31-27-,35-32-,40-37-,44-41-,49-46-. The van der Waals surface area contributed by atoms with Crippen LogP contribution in [0.2, 0.25) is 0 Å².